The third-order valence-corrected chi connectivity index (χ3v) is 3.83. The number of carboxylic acid groups (broad SMARTS) is 1. The van der Waals surface area contributed by atoms with E-state index in [1.165, 1.54) is 19.3 Å². The molecular weight excluding hydrogens is 256 g/mol. The number of hydrogen-bond donors (Lipinski definition) is 1. The molecule has 110 valence electrons. The van der Waals surface area contributed by atoms with Gasteiger partial charge in [-0.1, -0.05) is 6.42 Å². The largest absolute Gasteiger partial charge is 0.491 e. The second-order valence-corrected chi connectivity index (χ2v) is 5.37. The molecule has 5 nitrogen and oxygen atoms in total. The van der Waals surface area contributed by atoms with Gasteiger partial charge < -0.3 is 14.7 Å². The lowest BCUT2D eigenvalue weighted by atomic mass is 10.0. The van der Waals surface area contributed by atoms with Gasteiger partial charge in [-0.25, -0.2) is 9.78 Å². The van der Waals surface area contributed by atoms with Gasteiger partial charge in [0.15, 0.2) is 11.4 Å². The first-order valence-electron chi connectivity index (χ1n) is 7.12. The van der Waals surface area contributed by atoms with Crippen LogP contribution in [0, 0.1) is 6.92 Å². The van der Waals surface area contributed by atoms with Crippen LogP contribution < -0.4 is 4.74 Å². The van der Waals surface area contributed by atoms with Gasteiger partial charge >= 0.3 is 5.97 Å². The van der Waals surface area contributed by atoms with E-state index in [9.17, 15) is 4.79 Å². The van der Waals surface area contributed by atoms with E-state index < -0.39 is 5.97 Å². The topological polar surface area (TPSA) is 62.7 Å². The minimum atomic E-state index is -1.04. The molecule has 0 aliphatic carbocycles. The molecule has 0 aromatic carbocycles. The Morgan fingerprint density at radius 3 is 3.00 bits per heavy atom. The van der Waals surface area contributed by atoms with Gasteiger partial charge in [-0.15, -0.1) is 0 Å². The molecular formula is C15H22N2O3. The van der Waals surface area contributed by atoms with Gasteiger partial charge in [0.25, 0.3) is 0 Å². The summed E-state index contributed by atoms with van der Waals surface area (Å²) < 4.78 is 5.63. The highest BCUT2D eigenvalue weighted by Gasteiger charge is 2.19. The Bertz CT molecular complexity index is 476. The number of hydrogen-bond acceptors (Lipinski definition) is 4. The van der Waals surface area contributed by atoms with E-state index in [1.807, 2.05) is 0 Å². The Morgan fingerprint density at radius 2 is 2.30 bits per heavy atom. The smallest absolute Gasteiger partial charge is 0.358 e. The first-order valence-corrected chi connectivity index (χ1v) is 7.12. The average molecular weight is 278 g/mol. The molecule has 2 rings (SSSR count). The fraction of sp³-hybridized carbons (Fsp3) is 0.600. The molecule has 1 atom stereocenters. The van der Waals surface area contributed by atoms with Gasteiger partial charge in [-0.05, 0) is 51.9 Å². The van der Waals surface area contributed by atoms with Gasteiger partial charge in [0.05, 0.1) is 6.61 Å². The van der Waals surface area contributed by atoms with Gasteiger partial charge in [0.2, 0.25) is 0 Å². The predicted octanol–water partition coefficient (Wildman–Crippen LogP) is 2.34. The normalized spacial score (nSPS) is 19.8. The van der Waals surface area contributed by atoms with E-state index in [0.717, 1.165) is 13.0 Å². The van der Waals surface area contributed by atoms with Crippen LogP contribution in [-0.2, 0) is 0 Å². The molecule has 1 aromatic rings. The monoisotopic (exact) mass is 278 g/mol. The molecule has 0 bridgehead atoms. The molecule has 1 aliphatic heterocycles. The molecule has 2 heterocycles. The maximum absolute atomic E-state index is 11.1. The lowest BCUT2D eigenvalue weighted by Gasteiger charge is -2.32. The zero-order valence-corrected chi connectivity index (χ0v) is 12.1. The van der Waals surface area contributed by atoms with Crippen molar-refractivity contribution in [2.45, 2.75) is 38.6 Å². The second-order valence-electron chi connectivity index (χ2n) is 5.37. The van der Waals surface area contributed by atoms with Crippen molar-refractivity contribution in [2.75, 3.05) is 20.2 Å². The highest BCUT2D eigenvalue weighted by atomic mass is 16.5. The SMILES string of the molecule is Cc1ccc(OCCC2CCCCN2C)c(C(=O)O)n1. The summed E-state index contributed by atoms with van der Waals surface area (Å²) in [6.45, 7) is 3.43. The number of rotatable bonds is 5. The van der Waals surface area contributed by atoms with Crippen LogP contribution in [0.25, 0.3) is 0 Å². The molecule has 20 heavy (non-hydrogen) atoms. The molecule has 1 saturated heterocycles. The summed E-state index contributed by atoms with van der Waals surface area (Å²) in [6, 6.07) is 4.00. The molecule has 5 heteroatoms. The van der Waals surface area contributed by atoms with Crippen molar-refractivity contribution in [3.05, 3.63) is 23.5 Å². The molecule has 0 spiro atoms. The lowest BCUT2D eigenvalue weighted by Crippen LogP contribution is -2.37. The van der Waals surface area contributed by atoms with E-state index >= 15 is 0 Å². The molecule has 0 radical (unpaired) electrons. The van der Waals surface area contributed by atoms with Crippen molar-refractivity contribution >= 4 is 5.97 Å². The number of ether oxygens (including phenoxy) is 1. The van der Waals surface area contributed by atoms with E-state index in [1.54, 1.807) is 19.1 Å². The fourth-order valence-corrected chi connectivity index (χ4v) is 2.63. The first-order chi connectivity index (χ1) is 9.58. The number of carbonyl (C=O) groups is 1. The third kappa shape index (κ3) is 3.70. The second kappa shape index (κ2) is 6.70. The Balaban J connectivity index is 1.92. The third-order valence-electron chi connectivity index (χ3n) is 3.83. The first kappa shape index (κ1) is 14.8. The summed E-state index contributed by atoms with van der Waals surface area (Å²) in [7, 11) is 2.14. The number of nitrogens with zero attached hydrogens (tertiary/aromatic N) is 2. The Kier molecular flexibility index (Phi) is 4.95. The van der Waals surface area contributed by atoms with Crippen LogP contribution in [0.3, 0.4) is 0 Å². The van der Waals surface area contributed by atoms with E-state index in [0.29, 0.717) is 24.1 Å². The van der Waals surface area contributed by atoms with Crippen molar-refractivity contribution < 1.29 is 14.6 Å². The zero-order valence-electron chi connectivity index (χ0n) is 12.1. The quantitative estimate of drug-likeness (QED) is 0.895. The summed E-state index contributed by atoms with van der Waals surface area (Å²) in [4.78, 5) is 17.5. The van der Waals surface area contributed by atoms with Crippen LogP contribution in [0.5, 0.6) is 5.75 Å². The molecule has 1 aromatic heterocycles. The minimum absolute atomic E-state index is 0.00185. The minimum Gasteiger partial charge on any atom is -0.491 e. The molecule has 1 fully saturated rings. The van der Waals surface area contributed by atoms with Gasteiger partial charge in [0.1, 0.15) is 0 Å². The number of aromatic nitrogens is 1. The number of piperidine rings is 1. The van der Waals surface area contributed by atoms with Crippen molar-refractivity contribution in [2.24, 2.45) is 0 Å². The molecule has 0 amide bonds. The van der Waals surface area contributed by atoms with Gasteiger partial charge in [-0.2, -0.15) is 0 Å². The van der Waals surface area contributed by atoms with E-state index in [4.69, 9.17) is 9.84 Å². The van der Waals surface area contributed by atoms with Crippen LogP contribution in [0.1, 0.15) is 41.9 Å². The van der Waals surface area contributed by atoms with Gasteiger partial charge in [0, 0.05) is 11.7 Å². The molecule has 1 N–H and O–H groups in total. The predicted molar refractivity (Wildman–Crippen MR) is 76.3 cm³/mol. The number of aryl methyl sites for hydroxylation is 1. The Morgan fingerprint density at radius 1 is 1.50 bits per heavy atom. The lowest BCUT2D eigenvalue weighted by molar-refractivity contribution is 0.0684. The van der Waals surface area contributed by atoms with Crippen LogP contribution >= 0.6 is 0 Å². The zero-order chi connectivity index (χ0) is 14.5. The number of aromatic carboxylic acids is 1. The van der Waals surface area contributed by atoms with Gasteiger partial charge in [-0.3, -0.25) is 0 Å². The van der Waals surface area contributed by atoms with Crippen LogP contribution in [0.4, 0.5) is 0 Å². The molecule has 0 saturated carbocycles. The number of likely N-dealkylation sites (tertiary alicyclic amines) is 1. The highest BCUT2D eigenvalue weighted by molar-refractivity contribution is 5.88. The summed E-state index contributed by atoms with van der Waals surface area (Å²) >= 11 is 0. The Hall–Kier alpha value is -1.62. The summed E-state index contributed by atoms with van der Waals surface area (Å²) in [5.41, 5.74) is 0.684. The van der Waals surface area contributed by atoms with Crippen molar-refractivity contribution in [1.82, 2.24) is 9.88 Å². The summed E-state index contributed by atoms with van der Waals surface area (Å²) in [5, 5.41) is 9.13. The fourth-order valence-electron chi connectivity index (χ4n) is 2.63. The summed E-state index contributed by atoms with van der Waals surface area (Å²) in [5.74, 6) is -0.681. The maximum Gasteiger partial charge on any atom is 0.358 e. The maximum atomic E-state index is 11.1. The average Bonchev–Trinajstić information content (AvgIpc) is 2.42. The Labute approximate surface area is 119 Å². The standard InChI is InChI=1S/C15H22N2O3/c1-11-6-7-13(14(16-11)15(18)19)20-10-8-12-5-3-4-9-17(12)2/h6-7,12H,3-5,8-10H2,1-2H3,(H,18,19). The molecule has 1 aliphatic rings. The molecule has 1 unspecified atom stereocenters. The van der Waals surface area contributed by atoms with Crippen molar-refractivity contribution in [3.8, 4) is 5.75 Å². The van der Waals surface area contributed by atoms with Crippen molar-refractivity contribution in [3.63, 3.8) is 0 Å². The highest BCUT2D eigenvalue weighted by Crippen LogP contribution is 2.20. The van der Waals surface area contributed by atoms with Crippen LogP contribution in [-0.4, -0.2) is 47.2 Å². The number of carboxylic acids is 1. The van der Waals surface area contributed by atoms with E-state index in [-0.39, 0.29) is 5.69 Å². The number of pyridine rings is 1. The van der Waals surface area contributed by atoms with E-state index in [2.05, 4.69) is 16.9 Å². The summed E-state index contributed by atoms with van der Waals surface area (Å²) in [6.07, 6.45) is 4.64. The van der Waals surface area contributed by atoms with Crippen LogP contribution in [0.15, 0.2) is 12.1 Å². The van der Waals surface area contributed by atoms with Crippen LogP contribution in [0.2, 0.25) is 0 Å². The van der Waals surface area contributed by atoms with Crippen molar-refractivity contribution in [1.29, 1.82) is 0 Å².